The Morgan fingerprint density at radius 2 is 2.00 bits per heavy atom. The number of amides is 1. The van der Waals surface area contributed by atoms with E-state index in [9.17, 15) is 13.6 Å². The Morgan fingerprint density at radius 1 is 1.33 bits per heavy atom. The maximum Gasteiger partial charge on any atom is 0.217 e. The summed E-state index contributed by atoms with van der Waals surface area (Å²) < 4.78 is 34.3. The number of H-pyrrole nitrogens is 1. The number of hydrogen-bond acceptors (Lipinski definition) is 5. The molecule has 2 heterocycles. The van der Waals surface area contributed by atoms with Crippen LogP contribution in [0.1, 0.15) is 24.2 Å². The van der Waals surface area contributed by atoms with E-state index in [0.717, 1.165) is 0 Å². The van der Waals surface area contributed by atoms with Gasteiger partial charge in [-0.2, -0.15) is 15.4 Å². The summed E-state index contributed by atoms with van der Waals surface area (Å²) in [4.78, 5) is 13.0. The third-order valence-corrected chi connectivity index (χ3v) is 3.78. The van der Waals surface area contributed by atoms with Crippen LogP contribution in [0, 0.1) is 11.6 Å². The van der Waals surface area contributed by atoms with E-state index >= 15 is 0 Å². The Kier molecular flexibility index (Phi) is 4.70. The molecule has 0 spiro atoms. The van der Waals surface area contributed by atoms with Gasteiger partial charge in [-0.1, -0.05) is 0 Å². The van der Waals surface area contributed by atoms with Crippen molar-refractivity contribution in [1.29, 1.82) is 0 Å². The zero-order valence-corrected chi connectivity index (χ0v) is 13.1. The van der Waals surface area contributed by atoms with Gasteiger partial charge in [-0.25, -0.2) is 8.78 Å². The Hall–Kier alpha value is -2.55. The van der Waals surface area contributed by atoms with Crippen LogP contribution in [0.25, 0.3) is 0 Å². The minimum Gasteiger partial charge on any atom is -0.378 e. The minimum absolute atomic E-state index is 0.0798. The lowest BCUT2D eigenvalue weighted by molar-refractivity contribution is -0.119. The van der Waals surface area contributed by atoms with Gasteiger partial charge in [0.1, 0.15) is 29.1 Å². The first-order valence-electron chi connectivity index (χ1n) is 7.50. The first-order valence-corrected chi connectivity index (χ1v) is 7.50. The Morgan fingerprint density at radius 3 is 2.54 bits per heavy atom. The smallest absolute Gasteiger partial charge is 0.217 e. The van der Waals surface area contributed by atoms with Gasteiger partial charge in [0.2, 0.25) is 5.91 Å². The number of ether oxygens (including phenoxy) is 1. The fourth-order valence-electron chi connectivity index (χ4n) is 2.72. The van der Waals surface area contributed by atoms with Crippen molar-refractivity contribution in [2.24, 2.45) is 0 Å². The van der Waals surface area contributed by atoms with Gasteiger partial charge in [-0.3, -0.25) is 4.79 Å². The van der Waals surface area contributed by atoms with Crippen LogP contribution < -0.4 is 10.2 Å². The summed E-state index contributed by atoms with van der Waals surface area (Å²) in [6, 6.07) is 1.63. The Labute approximate surface area is 137 Å². The maximum atomic E-state index is 14.6. The molecule has 0 bridgehead atoms. The topological polar surface area (TPSA) is 83.1 Å². The molecule has 1 aromatic carbocycles. The standard InChI is InChI=1S/C15H17F2N5O2/c1-9(23)19-14(13-8-18-21-20-13)10-6-11(16)15(12(17)7-10)22-2-4-24-5-3-22/h6-8,14H,2-5H2,1H3,(H,19,23)(H,18,20,21). The molecule has 0 radical (unpaired) electrons. The minimum atomic E-state index is -0.788. The van der Waals surface area contributed by atoms with E-state index in [1.165, 1.54) is 25.3 Å². The van der Waals surface area contributed by atoms with Crippen LogP contribution in [0.4, 0.5) is 14.5 Å². The Bertz CT molecular complexity index is 694. The van der Waals surface area contributed by atoms with Gasteiger partial charge in [0.25, 0.3) is 0 Å². The highest BCUT2D eigenvalue weighted by Gasteiger charge is 2.24. The maximum absolute atomic E-state index is 14.6. The third-order valence-electron chi connectivity index (χ3n) is 3.78. The second kappa shape index (κ2) is 6.91. The van der Waals surface area contributed by atoms with Gasteiger partial charge in [-0.15, -0.1) is 0 Å². The number of aromatic nitrogens is 3. The second-order valence-corrected chi connectivity index (χ2v) is 5.46. The lowest BCUT2D eigenvalue weighted by atomic mass is 10.0. The quantitative estimate of drug-likeness (QED) is 0.874. The molecular formula is C15H17F2N5O2. The van der Waals surface area contributed by atoms with Crippen LogP contribution in [-0.2, 0) is 9.53 Å². The summed E-state index contributed by atoms with van der Waals surface area (Å²) in [5, 5.41) is 12.6. The molecule has 0 aliphatic carbocycles. The zero-order valence-electron chi connectivity index (χ0n) is 13.1. The van der Waals surface area contributed by atoms with E-state index in [4.69, 9.17) is 4.74 Å². The predicted octanol–water partition coefficient (Wildman–Crippen LogP) is 1.14. The number of nitrogens with one attached hydrogen (secondary N) is 2. The van der Waals surface area contributed by atoms with Crippen molar-refractivity contribution in [2.75, 3.05) is 31.2 Å². The number of hydrogen-bond donors (Lipinski definition) is 2. The monoisotopic (exact) mass is 337 g/mol. The van der Waals surface area contributed by atoms with Crippen molar-refractivity contribution < 1.29 is 18.3 Å². The summed E-state index contributed by atoms with van der Waals surface area (Å²) in [5.41, 5.74) is 0.540. The molecule has 24 heavy (non-hydrogen) atoms. The fourth-order valence-corrected chi connectivity index (χ4v) is 2.72. The summed E-state index contributed by atoms with van der Waals surface area (Å²) in [5.74, 6) is -1.72. The fraction of sp³-hybridized carbons (Fsp3) is 0.400. The number of nitrogens with zero attached hydrogens (tertiary/aromatic N) is 3. The highest BCUT2D eigenvalue weighted by molar-refractivity contribution is 5.74. The SMILES string of the molecule is CC(=O)NC(c1cc(F)c(N2CCOCC2)c(F)c1)c1cn[nH]n1. The van der Waals surface area contributed by atoms with Gasteiger partial charge in [0.05, 0.1) is 19.4 Å². The molecule has 1 saturated heterocycles. The van der Waals surface area contributed by atoms with Gasteiger partial charge in [0, 0.05) is 20.0 Å². The predicted molar refractivity (Wildman–Crippen MR) is 81.4 cm³/mol. The number of morpholine rings is 1. The molecule has 1 fully saturated rings. The van der Waals surface area contributed by atoms with E-state index in [2.05, 4.69) is 20.7 Å². The molecule has 0 saturated carbocycles. The van der Waals surface area contributed by atoms with Gasteiger partial charge < -0.3 is 15.0 Å². The number of halogens is 2. The van der Waals surface area contributed by atoms with Crippen LogP contribution in [0.2, 0.25) is 0 Å². The molecule has 2 N–H and O–H groups in total. The highest BCUT2D eigenvalue weighted by Crippen LogP contribution is 2.30. The van der Waals surface area contributed by atoms with Gasteiger partial charge in [0.15, 0.2) is 0 Å². The number of rotatable bonds is 4. The van der Waals surface area contributed by atoms with Crippen LogP contribution in [-0.4, -0.2) is 47.6 Å². The number of carbonyl (C=O) groups is 1. The van der Waals surface area contributed by atoms with Gasteiger partial charge >= 0.3 is 0 Å². The summed E-state index contributed by atoms with van der Waals surface area (Å²) in [7, 11) is 0. The molecule has 1 aliphatic rings. The summed E-state index contributed by atoms with van der Waals surface area (Å²) >= 11 is 0. The number of anilines is 1. The molecule has 9 heteroatoms. The average Bonchev–Trinajstić information content (AvgIpc) is 3.07. The Balaban J connectivity index is 1.96. The van der Waals surface area contributed by atoms with Crippen LogP contribution in [0.3, 0.4) is 0 Å². The molecule has 1 amide bonds. The van der Waals surface area contributed by atoms with Crippen LogP contribution in [0.15, 0.2) is 18.3 Å². The second-order valence-electron chi connectivity index (χ2n) is 5.46. The highest BCUT2D eigenvalue weighted by atomic mass is 19.1. The molecular weight excluding hydrogens is 320 g/mol. The van der Waals surface area contributed by atoms with Crippen LogP contribution in [0.5, 0.6) is 0 Å². The molecule has 1 unspecified atom stereocenters. The van der Waals surface area contributed by atoms with Crippen molar-refractivity contribution in [3.63, 3.8) is 0 Å². The zero-order chi connectivity index (χ0) is 17.1. The lowest BCUT2D eigenvalue weighted by Crippen LogP contribution is -2.37. The number of benzene rings is 1. The van der Waals surface area contributed by atoms with Crippen molar-refractivity contribution in [3.8, 4) is 0 Å². The molecule has 1 aliphatic heterocycles. The lowest BCUT2D eigenvalue weighted by Gasteiger charge is -2.30. The molecule has 128 valence electrons. The first-order chi connectivity index (χ1) is 11.6. The molecule has 1 atom stereocenters. The van der Waals surface area contributed by atoms with E-state index in [0.29, 0.717) is 32.0 Å². The molecule has 7 nitrogen and oxygen atoms in total. The van der Waals surface area contributed by atoms with E-state index in [-0.39, 0.29) is 17.2 Å². The molecule has 1 aromatic heterocycles. The summed E-state index contributed by atoms with van der Waals surface area (Å²) in [6.07, 6.45) is 1.40. The van der Waals surface area contributed by atoms with Crippen molar-refractivity contribution >= 4 is 11.6 Å². The van der Waals surface area contributed by atoms with Crippen molar-refractivity contribution in [2.45, 2.75) is 13.0 Å². The van der Waals surface area contributed by atoms with Crippen molar-refractivity contribution in [1.82, 2.24) is 20.7 Å². The molecule has 2 aromatic rings. The first kappa shape index (κ1) is 16.3. The number of carbonyl (C=O) groups excluding carboxylic acids is 1. The largest absolute Gasteiger partial charge is 0.378 e. The normalized spacial score (nSPS) is 16.0. The van der Waals surface area contributed by atoms with E-state index in [1.54, 1.807) is 4.90 Å². The van der Waals surface area contributed by atoms with Crippen LogP contribution >= 0.6 is 0 Å². The van der Waals surface area contributed by atoms with E-state index in [1.807, 2.05) is 0 Å². The summed E-state index contributed by atoms with van der Waals surface area (Å²) in [6.45, 7) is 3.02. The van der Waals surface area contributed by atoms with Gasteiger partial charge in [-0.05, 0) is 17.7 Å². The average molecular weight is 337 g/mol. The third kappa shape index (κ3) is 3.35. The number of aromatic amines is 1. The van der Waals surface area contributed by atoms with Crippen molar-refractivity contribution in [3.05, 3.63) is 41.2 Å². The molecule has 3 rings (SSSR count). The van der Waals surface area contributed by atoms with E-state index < -0.39 is 17.7 Å².